The third-order valence-corrected chi connectivity index (χ3v) is 3.58. The van der Waals surface area contributed by atoms with Gasteiger partial charge in [0.2, 0.25) is 11.8 Å². The molecule has 6 nitrogen and oxygen atoms in total. The number of carbonyl (C=O) groups excluding carboxylic acids is 2. The van der Waals surface area contributed by atoms with E-state index in [1.165, 1.54) is 11.3 Å². The third kappa shape index (κ3) is 2.79. The second kappa shape index (κ2) is 5.34. The molecule has 0 bridgehead atoms. The molecular formula is C11H16N4O2S. The Kier molecular flexibility index (Phi) is 3.81. The molecule has 0 radical (unpaired) electrons. The van der Waals surface area contributed by atoms with Crippen molar-refractivity contribution in [3.05, 3.63) is 11.1 Å². The van der Waals surface area contributed by atoms with E-state index in [2.05, 4.69) is 4.98 Å². The fourth-order valence-corrected chi connectivity index (χ4v) is 2.60. The van der Waals surface area contributed by atoms with Gasteiger partial charge in [-0.15, -0.1) is 11.3 Å². The molecule has 2 rings (SSSR count). The topological polar surface area (TPSA) is 79.5 Å². The summed E-state index contributed by atoms with van der Waals surface area (Å²) in [4.78, 5) is 31.8. The first-order valence-corrected chi connectivity index (χ1v) is 6.67. The summed E-state index contributed by atoms with van der Waals surface area (Å²) in [6.45, 7) is 3.38. The second-order valence-electron chi connectivity index (χ2n) is 4.23. The first kappa shape index (κ1) is 12.8. The molecule has 1 aromatic rings. The lowest BCUT2D eigenvalue weighted by Gasteiger charge is -2.33. The Morgan fingerprint density at radius 3 is 2.61 bits per heavy atom. The molecule has 0 aliphatic carbocycles. The molecule has 18 heavy (non-hydrogen) atoms. The van der Waals surface area contributed by atoms with E-state index in [4.69, 9.17) is 5.73 Å². The van der Waals surface area contributed by atoms with Crippen molar-refractivity contribution in [3.63, 3.8) is 0 Å². The minimum Gasteiger partial charge on any atom is -0.375 e. The van der Waals surface area contributed by atoms with Crippen molar-refractivity contribution in [2.75, 3.05) is 25.4 Å². The predicted molar refractivity (Wildman–Crippen MR) is 68.8 cm³/mol. The van der Waals surface area contributed by atoms with Gasteiger partial charge < -0.3 is 15.5 Å². The molecule has 0 saturated carbocycles. The van der Waals surface area contributed by atoms with Gasteiger partial charge in [0.1, 0.15) is 6.54 Å². The van der Waals surface area contributed by atoms with Crippen molar-refractivity contribution in [2.24, 2.45) is 0 Å². The van der Waals surface area contributed by atoms with Gasteiger partial charge in [0, 0.05) is 17.6 Å². The van der Waals surface area contributed by atoms with E-state index in [9.17, 15) is 9.59 Å². The van der Waals surface area contributed by atoms with Crippen molar-refractivity contribution in [3.8, 4) is 0 Å². The first-order chi connectivity index (χ1) is 8.60. The van der Waals surface area contributed by atoms with E-state index in [-0.39, 0.29) is 24.9 Å². The Morgan fingerprint density at radius 2 is 2.00 bits per heavy atom. The summed E-state index contributed by atoms with van der Waals surface area (Å²) in [7, 11) is 0. The maximum atomic E-state index is 11.9. The van der Waals surface area contributed by atoms with Crippen LogP contribution in [0, 0.1) is 0 Å². The van der Waals surface area contributed by atoms with E-state index in [0.717, 1.165) is 11.3 Å². The lowest BCUT2D eigenvalue weighted by molar-refractivity contribution is -0.150. The summed E-state index contributed by atoms with van der Waals surface area (Å²) < 4.78 is 0. The van der Waals surface area contributed by atoms with Gasteiger partial charge in [0.15, 0.2) is 5.13 Å². The lowest BCUT2D eigenvalue weighted by atomic mass is 10.2. The Hall–Kier alpha value is -1.63. The first-order valence-electron chi connectivity index (χ1n) is 5.86. The number of nitrogen functional groups attached to an aromatic ring is 1. The highest BCUT2D eigenvalue weighted by Gasteiger charge is 2.29. The molecule has 1 aliphatic heterocycles. The summed E-state index contributed by atoms with van der Waals surface area (Å²) in [6.07, 6.45) is 2.51. The van der Waals surface area contributed by atoms with Crippen LogP contribution in [0.3, 0.4) is 0 Å². The van der Waals surface area contributed by atoms with Gasteiger partial charge in [-0.05, 0) is 6.42 Å². The van der Waals surface area contributed by atoms with Crippen molar-refractivity contribution in [2.45, 2.75) is 19.9 Å². The summed E-state index contributed by atoms with van der Waals surface area (Å²) in [5, 5.41) is 0.480. The number of hydrogen-bond donors (Lipinski definition) is 1. The van der Waals surface area contributed by atoms with Gasteiger partial charge in [0.25, 0.3) is 0 Å². The molecule has 0 spiro atoms. The van der Waals surface area contributed by atoms with Gasteiger partial charge in [-0.3, -0.25) is 9.59 Å². The van der Waals surface area contributed by atoms with E-state index in [0.29, 0.717) is 18.2 Å². The van der Waals surface area contributed by atoms with Crippen LogP contribution < -0.4 is 5.73 Å². The standard InChI is InChI=1S/C11H16N4O2S/c1-2-3-14-6-10(17)15(7-9(14)16)5-8-4-13-11(12)18-8/h4H,2-3,5-7H2,1H3,(H2,12,13). The predicted octanol–water partition coefficient (Wildman–Crippen LogP) is 0.306. The highest BCUT2D eigenvalue weighted by atomic mass is 32.1. The number of nitrogens with two attached hydrogens (primary N) is 1. The van der Waals surface area contributed by atoms with E-state index >= 15 is 0 Å². The van der Waals surface area contributed by atoms with Crippen LogP contribution in [-0.4, -0.2) is 46.2 Å². The molecule has 0 atom stereocenters. The molecule has 1 aromatic heterocycles. The zero-order valence-electron chi connectivity index (χ0n) is 10.3. The highest BCUT2D eigenvalue weighted by molar-refractivity contribution is 7.15. The van der Waals surface area contributed by atoms with E-state index < -0.39 is 0 Å². The normalized spacial score (nSPS) is 16.5. The van der Waals surface area contributed by atoms with Gasteiger partial charge in [-0.1, -0.05) is 6.92 Å². The average Bonchev–Trinajstić information content (AvgIpc) is 2.71. The molecule has 2 N–H and O–H groups in total. The monoisotopic (exact) mass is 268 g/mol. The molecule has 0 aromatic carbocycles. The average molecular weight is 268 g/mol. The van der Waals surface area contributed by atoms with Gasteiger partial charge in [-0.2, -0.15) is 0 Å². The zero-order chi connectivity index (χ0) is 13.1. The van der Waals surface area contributed by atoms with Crippen molar-refractivity contribution < 1.29 is 9.59 Å². The molecule has 2 amide bonds. The van der Waals surface area contributed by atoms with Crippen molar-refractivity contribution in [1.29, 1.82) is 0 Å². The zero-order valence-corrected chi connectivity index (χ0v) is 11.1. The number of thiazole rings is 1. The summed E-state index contributed by atoms with van der Waals surface area (Å²) in [5.41, 5.74) is 5.54. The van der Waals surface area contributed by atoms with E-state index in [1.807, 2.05) is 6.92 Å². The number of piperazine rings is 1. The minimum absolute atomic E-state index is 0.00828. The lowest BCUT2D eigenvalue weighted by Crippen LogP contribution is -2.53. The smallest absolute Gasteiger partial charge is 0.242 e. The largest absolute Gasteiger partial charge is 0.375 e. The Bertz CT molecular complexity index is 460. The molecule has 98 valence electrons. The van der Waals surface area contributed by atoms with Crippen molar-refractivity contribution in [1.82, 2.24) is 14.8 Å². The number of aromatic nitrogens is 1. The molecule has 1 fully saturated rings. The summed E-state index contributed by atoms with van der Waals surface area (Å²) in [6, 6.07) is 0. The van der Waals surface area contributed by atoms with Crippen LogP contribution >= 0.6 is 11.3 Å². The van der Waals surface area contributed by atoms with Gasteiger partial charge >= 0.3 is 0 Å². The number of amides is 2. The van der Waals surface area contributed by atoms with Crippen LogP contribution in [0.1, 0.15) is 18.2 Å². The van der Waals surface area contributed by atoms with E-state index in [1.54, 1.807) is 16.0 Å². The van der Waals surface area contributed by atoms with Gasteiger partial charge in [0.05, 0.1) is 13.1 Å². The number of anilines is 1. The molecule has 0 unspecified atom stereocenters. The quantitative estimate of drug-likeness (QED) is 0.852. The van der Waals surface area contributed by atoms with Crippen LogP contribution in [0.5, 0.6) is 0 Å². The number of rotatable bonds is 4. The molecule has 7 heteroatoms. The maximum Gasteiger partial charge on any atom is 0.242 e. The van der Waals surface area contributed by atoms with Crippen LogP contribution in [0.15, 0.2) is 6.20 Å². The Labute approximate surface area is 109 Å². The SMILES string of the molecule is CCCN1CC(=O)N(Cc2cnc(N)s2)CC1=O. The Balaban J connectivity index is 1.99. The maximum absolute atomic E-state index is 11.9. The number of nitrogens with zero attached hydrogens (tertiary/aromatic N) is 3. The molecule has 2 heterocycles. The van der Waals surface area contributed by atoms with Crippen LogP contribution in [0.2, 0.25) is 0 Å². The third-order valence-electron chi connectivity index (χ3n) is 2.77. The van der Waals surface area contributed by atoms with Crippen LogP contribution in [0.25, 0.3) is 0 Å². The summed E-state index contributed by atoms with van der Waals surface area (Å²) >= 11 is 1.34. The van der Waals surface area contributed by atoms with Crippen LogP contribution in [-0.2, 0) is 16.1 Å². The fraction of sp³-hybridized carbons (Fsp3) is 0.545. The van der Waals surface area contributed by atoms with Crippen molar-refractivity contribution >= 4 is 28.3 Å². The Morgan fingerprint density at radius 1 is 1.33 bits per heavy atom. The summed E-state index contributed by atoms with van der Waals surface area (Å²) in [5.74, 6) is -0.0102. The molecular weight excluding hydrogens is 252 g/mol. The number of hydrogen-bond acceptors (Lipinski definition) is 5. The number of carbonyl (C=O) groups is 2. The fourth-order valence-electron chi connectivity index (χ4n) is 1.90. The molecule has 1 saturated heterocycles. The highest BCUT2D eigenvalue weighted by Crippen LogP contribution is 2.18. The molecule has 1 aliphatic rings. The minimum atomic E-state index is -0.0185. The van der Waals surface area contributed by atoms with Crippen LogP contribution in [0.4, 0.5) is 5.13 Å². The van der Waals surface area contributed by atoms with Gasteiger partial charge in [-0.25, -0.2) is 4.98 Å². The second-order valence-corrected chi connectivity index (χ2v) is 5.38.